The van der Waals surface area contributed by atoms with E-state index >= 15 is 0 Å². The second-order valence-electron chi connectivity index (χ2n) is 7.44. The Morgan fingerprint density at radius 1 is 0.913 bits per heavy atom. The van der Waals surface area contributed by atoms with Gasteiger partial charge in [-0.25, -0.2) is 0 Å². The predicted molar refractivity (Wildman–Crippen MR) is 99.6 cm³/mol. The summed E-state index contributed by atoms with van der Waals surface area (Å²) in [6.45, 7) is 17.2. The van der Waals surface area contributed by atoms with Crippen molar-refractivity contribution in [1.82, 2.24) is 15.1 Å². The van der Waals surface area contributed by atoms with Crippen molar-refractivity contribution in [3.8, 4) is 0 Å². The maximum Gasteiger partial charge on any atom is 0.0234 e. The standard InChI is InChI=1S/C20H35N3/c1-5-18(4)15-22-10-12-23(13-11-22)16-20-8-6-19(7-9-20)14-21-17(2)3/h6-9,17-18,21H,5,10-16H2,1-4H3. The van der Waals surface area contributed by atoms with Crippen molar-refractivity contribution in [1.29, 1.82) is 0 Å². The van der Waals surface area contributed by atoms with Gasteiger partial charge in [0.05, 0.1) is 0 Å². The highest BCUT2D eigenvalue weighted by molar-refractivity contribution is 5.22. The van der Waals surface area contributed by atoms with Gasteiger partial charge in [0.15, 0.2) is 0 Å². The number of hydrogen-bond donors (Lipinski definition) is 1. The maximum absolute atomic E-state index is 3.47. The van der Waals surface area contributed by atoms with Gasteiger partial charge in [-0.1, -0.05) is 58.4 Å². The summed E-state index contributed by atoms with van der Waals surface area (Å²) in [5, 5.41) is 3.47. The summed E-state index contributed by atoms with van der Waals surface area (Å²) >= 11 is 0. The molecule has 2 rings (SSSR count). The lowest BCUT2D eigenvalue weighted by atomic mass is 10.1. The Bertz CT molecular complexity index is 433. The molecule has 0 spiro atoms. The van der Waals surface area contributed by atoms with Gasteiger partial charge in [-0.15, -0.1) is 0 Å². The van der Waals surface area contributed by atoms with Crippen LogP contribution in [-0.4, -0.2) is 48.6 Å². The van der Waals surface area contributed by atoms with Crippen LogP contribution in [0.2, 0.25) is 0 Å². The third-order valence-electron chi connectivity index (χ3n) is 4.88. The van der Waals surface area contributed by atoms with Crippen LogP contribution >= 0.6 is 0 Å². The molecule has 23 heavy (non-hydrogen) atoms. The average Bonchev–Trinajstić information content (AvgIpc) is 2.56. The first kappa shape index (κ1) is 18.4. The number of nitrogens with one attached hydrogen (secondary N) is 1. The van der Waals surface area contributed by atoms with Crippen LogP contribution < -0.4 is 5.32 Å². The Labute approximate surface area is 143 Å². The predicted octanol–water partition coefficient (Wildman–Crippen LogP) is 3.35. The number of hydrogen-bond acceptors (Lipinski definition) is 3. The molecule has 1 aromatic carbocycles. The van der Waals surface area contributed by atoms with Crippen LogP contribution in [0, 0.1) is 5.92 Å². The molecular weight excluding hydrogens is 282 g/mol. The molecule has 0 amide bonds. The van der Waals surface area contributed by atoms with Gasteiger partial charge in [-0.05, 0) is 17.0 Å². The molecule has 3 heteroatoms. The number of benzene rings is 1. The molecule has 0 aromatic heterocycles. The fourth-order valence-electron chi connectivity index (χ4n) is 3.04. The average molecular weight is 318 g/mol. The third kappa shape index (κ3) is 6.62. The molecular formula is C20H35N3. The quantitative estimate of drug-likeness (QED) is 0.793. The van der Waals surface area contributed by atoms with E-state index in [2.05, 4.69) is 67.1 Å². The van der Waals surface area contributed by atoms with Crippen molar-refractivity contribution < 1.29 is 0 Å². The third-order valence-corrected chi connectivity index (χ3v) is 4.88. The van der Waals surface area contributed by atoms with E-state index in [0.29, 0.717) is 6.04 Å². The summed E-state index contributed by atoms with van der Waals surface area (Å²) in [6, 6.07) is 9.67. The summed E-state index contributed by atoms with van der Waals surface area (Å²) < 4.78 is 0. The molecule has 1 saturated heterocycles. The van der Waals surface area contributed by atoms with Crippen LogP contribution in [-0.2, 0) is 13.1 Å². The Kier molecular flexibility index (Phi) is 7.54. The summed E-state index contributed by atoms with van der Waals surface area (Å²) in [5.41, 5.74) is 2.81. The van der Waals surface area contributed by atoms with Crippen LogP contribution in [0.15, 0.2) is 24.3 Å². The highest BCUT2D eigenvalue weighted by Gasteiger charge is 2.18. The molecule has 130 valence electrons. The molecule has 1 aliphatic heterocycles. The van der Waals surface area contributed by atoms with E-state index in [4.69, 9.17) is 0 Å². The van der Waals surface area contributed by atoms with Gasteiger partial charge in [-0.2, -0.15) is 0 Å². The minimum absolute atomic E-state index is 0.543. The van der Waals surface area contributed by atoms with Crippen LogP contribution in [0.25, 0.3) is 0 Å². The first-order valence-electron chi connectivity index (χ1n) is 9.32. The Balaban J connectivity index is 1.73. The van der Waals surface area contributed by atoms with Gasteiger partial charge < -0.3 is 10.2 Å². The van der Waals surface area contributed by atoms with Crippen molar-refractivity contribution in [2.45, 2.75) is 53.2 Å². The lowest BCUT2D eigenvalue weighted by Gasteiger charge is -2.35. The summed E-state index contributed by atoms with van der Waals surface area (Å²) in [6.07, 6.45) is 1.29. The highest BCUT2D eigenvalue weighted by atomic mass is 15.3. The first-order chi connectivity index (χ1) is 11.1. The molecule has 3 nitrogen and oxygen atoms in total. The van der Waals surface area contributed by atoms with E-state index in [-0.39, 0.29) is 0 Å². The van der Waals surface area contributed by atoms with Gasteiger partial charge in [0.1, 0.15) is 0 Å². The second kappa shape index (κ2) is 9.41. The van der Waals surface area contributed by atoms with Crippen molar-refractivity contribution in [2.75, 3.05) is 32.7 Å². The Morgan fingerprint density at radius 3 is 2.04 bits per heavy atom. The molecule has 1 heterocycles. The molecule has 0 saturated carbocycles. The molecule has 1 atom stereocenters. The zero-order valence-corrected chi connectivity index (χ0v) is 15.5. The monoisotopic (exact) mass is 317 g/mol. The summed E-state index contributed by atoms with van der Waals surface area (Å²) in [4.78, 5) is 5.22. The topological polar surface area (TPSA) is 18.5 Å². The Morgan fingerprint density at radius 2 is 1.48 bits per heavy atom. The van der Waals surface area contributed by atoms with Gasteiger partial charge >= 0.3 is 0 Å². The molecule has 0 aliphatic carbocycles. The van der Waals surface area contributed by atoms with Crippen LogP contribution in [0.4, 0.5) is 0 Å². The minimum atomic E-state index is 0.543. The van der Waals surface area contributed by atoms with Crippen LogP contribution in [0.3, 0.4) is 0 Å². The zero-order chi connectivity index (χ0) is 16.7. The van der Waals surface area contributed by atoms with E-state index in [1.165, 1.54) is 50.3 Å². The van der Waals surface area contributed by atoms with E-state index < -0.39 is 0 Å². The van der Waals surface area contributed by atoms with Gasteiger partial charge in [0.25, 0.3) is 0 Å². The SMILES string of the molecule is CCC(C)CN1CCN(Cc2ccc(CNC(C)C)cc2)CC1. The molecule has 0 bridgehead atoms. The molecule has 1 aliphatic rings. The summed E-state index contributed by atoms with van der Waals surface area (Å²) in [7, 11) is 0. The second-order valence-corrected chi connectivity index (χ2v) is 7.44. The number of rotatable bonds is 8. The van der Waals surface area contributed by atoms with E-state index in [0.717, 1.165) is 19.0 Å². The first-order valence-corrected chi connectivity index (χ1v) is 9.32. The lowest BCUT2D eigenvalue weighted by Crippen LogP contribution is -2.47. The van der Waals surface area contributed by atoms with Gasteiger partial charge in [-0.3, -0.25) is 4.90 Å². The van der Waals surface area contributed by atoms with Crippen molar-refractivity contribution in [3.63, 3.8) is 0 Å². The minimum Gasteiger partial charge on any atom is -0.310 e. The molecule has 1 aromatic rings. The number of nitrogens with zero attached hydrogens (tertiary/aromatic N) is 2. The molecule has 0 radical (unpaired) electrons. The highest BCUT2D eigenvalue weighted by Crippen LogP contribution is 2.12. The van der Waals surface area contributed by atoms with Crippen LogP contribution in [0.5, 0.6) is 0 Å². The molecule has 1 fully saturated rings. The molecule has 1 unspecified atom stereocenters. The van der Waals surface area contributed by atoms with Crippen molar-refractivity contribution in [3.05, 3.63) is 35.4 Å². The Hall–Kier alpha value is -0.900. The lowest BCUT2D eigenvalue weighted by molar-refractivity contribution is 0.114. The van der Waals surface area contributed by atoms with Gasteiger partial charge in [0, 0.05) is 51.9 Å². The fourth-order valence-corrected chi connectivity index (χ4v) is 3.04. The zero-order valence-electron chi connectivity index (χ0n) is 15.5. The van der Waals surface area contributed by atoms with Crippen molar-refractivity contribution >= 4 is 0 Å². The van der Waals surface area contributed by atoms with E-state index in [9.17, 15) is 0 Å². The number of piperazine rings is 1. The van der Waals surface area contributed by atoms with Crippen molar-refractivity contribution in [2.24, 2.45) is 5.92 Å². The fraction of sp³-hybridized carbons (Fsp3) is 0.700. The smallest absolute Gasteiger partial charge is 0.0234 e. The summed E-state index contributed by atoms with van der Waals surface area (Å²) in [5.74, 6) is 0.827. The van der Waals surface area contributed by atoms with Crippen LogP contribution in [0.1, 0.15) is 45.2 Å². The van der Waals surface area contributed by atoms with E-state index in [1.54, 1.807) is 0 Å². The van der Waals surface area contributed by atoms with Gasteiger partial charge in [0.2, 0.25) is 0 Å². The maximum atomic E-state index is 3.47. The normalized spacial score (nSPS) is 18.5. The van der Waals surface area contributed by atoms with E-state index in [1.807, 2.05) is 0 Å². The molecule has 1 N–H and O–H groups in total. The largest absolute Gasteiger partial charge is 0.310 e.